The van der Waals surface area contributed by atoms with Crippen molar-refractivity contribution in [3.8, 4) is 5.75 Å². The minimum Gasteiger partial charge on any atom is -0.497 e. The SMILES string of the molecule is COc1ccc(Cn2c(CCc3c[nH]c4ccccc34)nnc2C(Cc2c[nH]c3ccccc23)NC(=O)Cc2ccncc2)cc1. The number of carbonyl (C=O) groups is 1. The van der Waals surface area contributed by atoms with Gasteiger partial charge in [0.2, 0.25) is 5.91 Å². The number of H-pyrrole nitrogens is 2. The molecule has 0 spiro atoms. The summed E-state index contributed by atoms with van der Waals surface area (Å²) < 4.78 is 7.57. The second-order valence-corrected chi connectivity index (χ2v) is 11.5. The first-order valence-electron chi connectivity index (χ1n) is 15.5. The Morgan fingerprint density at radius 3 is 2.20 bits per heavy atom. The van der Waals surface area contributed by atoms with Crippen LogP contribution < -0.4 is 10.1 Å². The molecule has 4 aromatic heterocycles. The van der Waals surface area contributed by atoms with Gasteiger partial charge in [-0.3, -0.25) is 9.78 Å². The normalized spacial score (nSPS) is 12.0. The van der Waals surface area contributed by atoms with Crippen molar-refractivity contribution in [2.45, 2.75) is 38.3 Å². The maximum absolute atomic E-state index is 13.5. The molecule has 0 fully saturated rings. The Morgan fingerprint density at radius 2 is 1.48 bits per heavy atom. The van der Waals surface area contributed by atoms with Crippen molar-refractivity contribution < 1.29 is 9.53 Å². The van der Waals surface area contributed by atoms with Crippen molar-refractivity contribution >= 4 is 27.7 Å². The number of methoxy groups -OCH3 is 1. The third-order valence-corrected chi connectivity index (χ3v) is 8.51. The highest BCUT2D eigenvalue weighted by molar-refractivity contribution is 5.84. The zero-order chi connectivity index (χ0) is 31.3. The molecule has 0 aliphatic heterocycles. The van der Waals surface area contributed by atoms with E-state index >= 15 is 0 Å². The molecular formula is C37H35N7O2. The summed E-state index contributed by atoms with van der Waals surface area (Å²) in [5.41, 5.74) is 6.50. The molecule has 7 aromatic rings. The van der Waals surface area contributed by atoms with Crippen molar-refractivity contribution in [1.29, 1.82) is 0 Å². The van der Waals surface area contributed by atoms with Crippen molar-refractivity contribution in [3.05, 3.63) is 144 Å². The second-order valence-electron chi connectivity index (χ2n) is 11.5. The molecule has 4 heterocycles. The molecule has 3 aromatic carbocycles. The molecule has 3 N–H and O–H groups in total. The lowest BCUT2D eigenvalue weighted by Gasteiger charge is -2.20. The number of aryl methyl sites for hydroxylation is 2. The monoisotopic (exact) mass is 609 g/mol. The van der Waals surface area contributed by atoms with Gasteiger partial charge in [-0.25, -0.2) is 0 Å². The Kier molecular flexibility index (Phi) is 8.28. The fraction of sp³-hybridized carbons (Fsp3) is 0.189. The minimum absolute atomic E-state index is 0.0876. The number of carbonyl (C=O) groups excluding carboxylic acids is 1. The Bertz CT molecular complexity index is 2080. The molecule has 0 saturated heterocycles. The van der Waals surface area contributed by atoms with E-state index < -0.39 is 6.04 Å². The van der Waals surface area contributed by atoms with Crippen LogP contribution in [0.25, 0.3) is 21.8 Å². The average Bonchev–Trinajstić information content (AvgIpc) is 3.81. The maximum Gasteiger partial charge on any atom is 0.225 e. The molecule has 0 saturated carbocycles. The lowest BCUT2D eigenvalue weighted by molar-refractivity contribution is -0.121. The summed E-state index contributed by atoms with van der Waals surface area (Å²) in [6.45, 7) is 0.556. The highest BCUT2D eigenvalue weighted by atomic mass is 16.5. The van der Waals surface area contributed by atoms with E-state index in [0.717, 1.165) is 56.9 Å². The summed E-state index contributed by atoms with van der Waals surface area (Å²) in [5, 5.41) is 15.2. The Morgan fingerprint density at radius 1 is 0.804 bits per heavy atom. The van der Waals surface area contributed by atoms with Crippen molar-refractivity contribution in [1.82, 2.24) is 35.0 Å². The second kappa shape index (κ2) is 13.1. The molecule has 9 heteroatoms. The van der Waals surface area contributed by atoms with Crippen molar-refractivity contribution in [2.75, 3.05) is 7.11 Å². The topological polar surface area (TPSA) is 114 Å². The molecule has 46 heavy (non-hydrogen) atoms. The van der Waals surface area contributed by atoms with Crippen LogP contribution in [-0.4, -0.2) is 42.7 Å². The van der Waals surface area contributed by atoms with Gasteiger partial charge in [-0.2, -0.15) is 0 Å². The van der Waals surface area contributed by atoms with Gasteiger partial charge in [-0.15, -0.1) is 10.2 Å². The van der Waals surface area contributed by atoms with Crippen LogP contribution in [-0.2, 0) is 37.0 Å². The number of aromatic amines is 2. The molecule has 0 bridgehead atoms. The zero-order valence-corrected chi connectivity index (χ0v) is 25.6. The number of fused-ring (bicyclic) bond motifs is 2. The predicted octanol–water partition coefficient (Wildman–Crippen LogP) is 6.12. The van der Waals surface area contributed by atoms with E-state index in [1.807, 2.05) is 48.7 Å². The van der Waals surface area contributed by atoms with Crippen molar-refractivity contribution in [3.63, 3.8) is 0 Å². The summed E-state index contributed by atoms with van der Waals surface area (Å²) in [4.78, 5) is 24.4. The van der Waals surface area contributed by atoms with Crippen LogP contribution in [0.1, 0.15) is 39.9 Å². The average molecular weight is 610 g/mol. The van der Waals surface area contributed by atoms with Crippen LogP contribution in [0.3, 0.4) is 0 Å². The Labute approximate surface area is 266 Å². The molecule has 0 aliphatic rings. The van der Waals surface area contributed by atoms with Gasteiger partial charge in [0.1, 0.15) is 11.6 Å². The number of amides is 1. The summed E-state index contributed by atoms with van der Waals surface area (Å²) in [6.07, 6.45) is 9.79. The Balaban J connectivity index is 1.25. The first-order chi connectivity index (χ1) is 22.6. The van der Waals surface area contributed by atoms with E-state index in [0.29, 0.717) is 19.4 Å². The van der Waals surface area contributed by atoms with Crippen LogP contribution in [0, 0.1) is 0 Å². The number of rotatable bonds is 12. The van der Waals surface area contributed by atoms with E-state index in [1.54, 1.807) is 19.5 Å². The largest absolute Gasteiger partial charge is 0.497 e. The summed E-state index contributed by atoms with van der Waals surface area (Å²) in [5.74, 6) is 2.30. The number of hydrogen-bond acceptors (Lipinski definition) is 5. The maximum atomic E-state index is 13.5. The third-order valence-electron chi connectivity index (χ3n) is 8.51. The van der Waals surface area contributed by atoms with E-state index in [4.69, 9.17) is 14.9 Å². The predicted molar refractivity (Wildman–Crippen MR) is 179 cm³/mol. The van der Waals surface area contributed by atoms with Gasteiger partial charge in [-0.1, -0.05) is 48.5 Å². The molecule has 0 aliphatic carbocycles. The van der Waals surface area contributed by atoms with E-state index in [-0.39, 0.29) is 12.3 Å². The molecule has 1 atom stereocenters. The molecule has 9 nitrogen and oxygen atoms in total. The lowest BCUT2D eigenvalue weighted by Crippen LogP contribution is -2.33. The van der Waals surface area contributed by atoms with Gasteiger partial charge in [0.15, 0.2) is 5.82 Å². The van der Waals surface area contributed by atoms with Gasteiger partial charge < -0.3 is 24.6 Å². The number of nitrogens with zero attached hydrogens (tertiary/aromatic N) is 4. The molecule has 0 radical (unpaired) electrons. The minimum atomic E-state index is -0.416. The van der Waals surface area contributed by atoms with Gasteiger partial charge >= 0.3 is 0 Å². The fourth-order valence-corrected chi connectivity index (χ4v) is 6.12. The van der Waals surface area contributed by atoms with E-state index in [1.165, 1.54) is 10.9 Å². The van der Waals surface area contributed by atoms with Crippen LogP contribution in [0.2, 0.25) is 0 Å². The zero-order valence-electron chi connectivity index (χ0n) is 25.6. The van der Waals surface area contributed by atoms with Crippen LogP contribution in [0.4, 0.5) is 0 Å². The van der Waals surface area contributed by atoms with Crippen LogP contribution >= 0.6 is 0 Å². The number of pyridine rings is 1. The standard InChI is InChI=1S/C37H35N7O2/c1-46-29-13-10-26(11-14-29)24-44-35(15-12-27-22-39-32-8-4-2-6-30(27)32)42-43-37(44)34(41-36(45)20-25-16-18-38-19-17-25)21-28-23-40-33-9-5-3-7-31(28)33/h2-11,13-14,16-19,22-23,34,39-40H,12,15,20-21,24H2,1H3,(H,41,45). The van der Waals surface area contributed by atoms with E-state index in [2.05, 4.69) is 73.5 Å². The van der Waals surface area contributed by atoms with Crippen LogP contribution in [0.5, 0.6) is 5.75 Å². The fourth-order valence-electron chi connectivity index (χ4n) is 6.12. The van der Waals surface area contributed by atoms with Crippen molar-refractivity contribution in [2.24, 2.45) is 0 Å². The number of ether oxygens (including phenoxy) is 1. The summed E-state index contributed by atoms with van der Waals surface area (Å²) in [7, 11) is 1.67. The number of hydrogen-bond donors (Lipinski definition) is 3. The first kappa shape index (κ1) is 29.0. The van der Waals surface area contributed by atoms with Gasteiger partial charge in [0.05, 0.1) is 26.1 Å². The number of aromatic nitrogens is 6. The summed E-state index contributed by atoms with van der Waals surface area (Å²) in [6, 6.07) is 27.9. The third kappa shape index (κ3) is 6.25. The van der Waals surface area contributed by atoms with Gasteiger partial charge in [-0.05, 0) is 65.1 Å². The molecule has 230 valence electrons. The number of nitrogens with one attached hydrogen (secondary N) is 3. The molecule has 1 unspecified atom stereocenters. The first-order valence-corrected chi connectivity index (χ1v) is 15.5. The molecule has 7 rings (SSSR count). The highest BCUT2D eigenvalue weighted by Gasteiger charge is 2.25. The quantitative estimate of drug-likeness (QED) is 0.155. The van der Waals surface area contributed by atoms with Gasteiger partial charge in [0.25, 0.3) is 0 Å². The molecular weight excluding hydrogens is 574 g/mol. The number of para-hydroxylation sites is 2. The highest BCUT2D eigenvalue weighted by Crippen LogP contribution is 2.27. The molecule has 1 amide bonds. The lowest BCUT2D eigenvalue weighted by atomic mass is 10.0. The summed E-state index contributed by atoms with van der Waals surface area (Å²) >= 11 is 0. The number of benzene rings is 3. The smallest absolute Gasteiger partial charge is 0.225 e. The Hall–Kier alpha value is -5.70. The van der Waals surface area contributed by atoms with E-state index in [9.17, 15) is 4.79 Å². The van der Waals surface area contributed by atoms with Crippen LogP contribution in [0.15, 0.2) is 110 Å². The van der Waals surface area contributed by atoms with Gasteiger partial charge in [0, 0.05) is 59.4 Å².